The molecule has 1 amide bonds. The van der Waals surface area contributed by atoms with Gasteiger partial charge in [0.1, 0.15) is 5.75 Å². The van der Waals surface area contributed by atoms with Crippen LogP contribution < -0.4 is 14.2 Å². The van der Waals surface area contributed by atoms with E-state index in [9.17, 15) is 14.4 Å². The SMILES string of the molecule is CCOc1cc(/C=C/C(=O)c2ccc(OC)c(CC(=O)O)c2)ccc1OCC(=O)N(C(C)C)C(C)C. The van der Waals surface area contributed by atoms with Crippen molar-refractivity contribution in [1.82, 2.24) is 4.90 Å². The molecule has 2 aromatic rings. The van der Waals surface area contributed by atoms with E-state index >= 15 is 0 Å². The van der Waals surface area contributed by atoms with Crippen LogP contribution in [-0.2, 0) is 16.0 Å². The molecule has 0 aliphatic carbocycles. The van der Waals surface area contributed by atoms with Gasteiger partial charge >= 0.3 is 5.97 Å². The second-order valence-electron chi connectivity index (χ2n) is 8.71. The van der Waals surface area contributed by atoms with Crippen LogP contribution in [0.15, 0.2) is 42.5 Å². The average Bonchev–Trinajstić information content (AvgIpc) is 2.81. The molecule has 0 spiro atoms. The predicted molar refractivity (Wildman–Crippen MR) is 138 cm³/mol. The number of ether oxygens (including phenoxy) is 3. The molecule has 8 nitrogen and oxygen atoms in total. The summed E-state index contributed by atoms with van der Waals surface area (Å²) < 4.78 is 16.7. The molecule has 0 saturated carbocycles. The highest BCUT2D eigenvalue weighted by Crippen LogP contribution is 2.29. The van der Waals surface area contributed by atoms with Crippen LogP contribution in [-0.4, -0.2) is 60.1 Å². The Morgan fingerprint density at radius 1 is 0.944 bits per heavy atom. The number of carbonyl (C=O) groups is 3. The Hall–Kier alpha value is -3.81. The monoisotopic (exact) mass is 497 g/mol. The van der Waals surface area contributed by atoms with E-state index in [0.717, 1.165) is 0 Å². The first-order valence-corrected chi connectivity index (χ1v) is 11.9. The number of amides is 1. The fourth-order valence-electron chi connectivity index (χ4n) is 3.90. The molecule has 0 saturated heterocycles. The lowest BCUT2D eigenvalue weighted by Gasteiger charge is -2.30. The summed E-state index contributed by atoms with van der Waals surface area (Å²) in [6.07, 6.45) is 2.80. The standard InChI is InChI=1S/C28H35NO7/c1-7-35-26-14-20(9-12-25(26)36-17-27(31)29(18(2)3)19(4)5)8-11-23(30)21-10-13-24(34-6)22(15-21)16-28(32)33/h8-15,18-19H,7,16-17H2,1-6H3,(H,32,33)/b11-8+. The zero-order valence-corrected chi connectivity index (χ0v) is 21.7. The maximum Gasteiger partial charge on any atom is 0.307 e. The van der Waals surface area contributed by atoms with E-state index < -0.39 is 5.97 Å². The van der Waals surface area contributed by atoms with Gasteiger partial charge < -0.3 is 24.2 Å². The van der Waals surface area contributed by atoms with E-state index in [1.54, 1.807) is 41.3 Å². The number of allylic oxidation sites excluding steroid dienone is 1. The lowest BCUT2D eigenvalue weighted by molar-refractivity contribution is -0.137. The summed E-state index contributed by atoms with van der Waals surface area (Å²) in [4.78, 5) is 38.2. The molecule has 194 valence electrons. The third-order valence-electron chi connectivity index (χ3n) is 5.35. The summed E-state index contributed by atoms with van der Waals surface area (Å²) >= 11 is 0. The molecule has 0 heterocycles. The number of aliphatic carboxylic acids is 1. The number of ketones is 1. The maximum absolute atomic E-state index is 12.7. The lowest BCUT2D eigenvalue weighted by Crippen LogP contribution is -2.44. The number of carboxylic acid groups (broad SMARTS) is 1. The molecular weight excluding hydrogens is 462 g/mol. The lowest BCUT2D eigenvalue weighted by atomic mass is 10.0. The minimum absolute atomic E-state index is 0.0587. The highest BCUT2D eigenvalue weighted by atomic mass is 16.5. The molecule has 0 radical (unpaired) electrons. The van der Waals surface area contributed by atoms with Gasteiger partial charge in [-0.1, -0.05) is 12.1 Å². The fraction of sp³-hybridized carbons (Fsp3) is 0.393. The zero-order valence-electron chi connectivity index (χ0n) is 21.7. The number of hydrogen-bond acceptors (Lipinski definition) is 6. The van der Waals surface area contributed by atoms with Crippen LogP contribution in [0.4, 0.5) is 0 Å². The topological polar surface area (TPSA) is 102 Å². The van der Waals surface area contributed by atoms with Crippen LogP contribution in [0.2, 0.25) is 0 Å². The van der Waals surface area contributed by atoms with E-state index in [4.69, 9.17) is 19.3 Å². The van der Waals surface area contributed by atoms with E-state index in [0.29, 0.717) is 40.5 Å². The van der Waals surface area contributed by atoms with Crippen LogP contribution in [0, 0.1) is 0 Å². The van der Waals surface area contributed by atoms with Crippen molar-refractivity contribution in [2.75, 3.05) is 20.3 Å². The van der Waals surface area contributed by atoms with Gasteiger partial charge in [0.05, 0.1) is 20.1 Å². The first-order valence-electron chi connectivity index (χ1n) is 11.9. The predicted octanol–water partition coefficient (Wildman–Crippen LogP) is 4.64. The number of hydrogen-bond donors (Lipinski definition) is 1. The molecule has 36 heavy (non-hydrogen) atoms. The summed E-state index contributed by atoms with van der Waals surface area (Å²) in [7, 11) is 1.45. The number of benzene rings is 2. The van der Waals surface area contributed by atoms with Crippen molar-refractivity contribution >= 4 is 23.7 Å². The van der Waals surface area contributed by atoms with Crippen LogP contribution in [0.5, 0.6) is 17.2 Å². The van der Waals surface area contributed by atoms with Gasteiger partial charge in [0.2, 0.25) is 0 Å². The first kappa shape index (κ1) is 28.4. The summed E-state index contributed by atoms with van der Waals surface area (Å²) in [5.41, 5.74) is 1.48. The Bertz CT molecular complexity index is 1100. The minimum Gasteiger partial charge on any atom is -0.496 e. The largest absolute Gasteiger partial charge is 0.496 e. The normalized spacial score (nSPS) is 11.1. The quantitative estimate of drug-likeness (QED) is 0.318. The maximum atomic E-state index is 12.7. The molecule has 0 unspecified atom stereocenters. The van der Waals surface area contributed by atoms with Crippen molar-refractivity contribution in [1.29, 1.82) is 0 Å². The van der Waals surface area contributed by atoms with Gasteiger partial charge in [0.15, 0.2) is 23.9 Å². The van der Waals surface area contributed by atoms with E-state index in [1.807, 2.05) is 34.6 Å². The van der Waals surface area contributed by atoms with Gasteiger partial charge in [-0.25, -0.2) is 0 Å². The summed E-state index contributed by atoms with van der Waals surface area (Å²) in [6.45, 7) is 9.99. The molecule has 0 aliphatic rings. The number of nitrogens with zero attached hydrogens (tertiary/aromatic N) is 1. The van der Waals surface area contributed by atoms with Crippen molar-refractivity contribution in [3.8, 4) is 17.2 Å². The third-order valence-corrected chi connectivity index (χ3v) is 5.35. The van der Waals surface area contributed by atoms with Crippen molar-refractivity contribution in [2.24, 2.45) is 0 Å². The molecule has 0 fully saturated rings. The average molecular weight is 498 g/mol. The Morgan fingerprint density at radius 2 is 1.61 bits per heavy atom. The van der Waals surface area contributed by atoms with Gasteiger partial charge in [0, 0.05) is 23.2 Å². The minimum atomic E-state index is -1.01. The van der Waals surface area contributed by atoms with E-state index in [2.05, 4.69) is 0 Å². The molecule has 0 aliphatic heterocycles. The Morgan fingerprint density at radius 3 is 2.19 bits per heavy atom. The van der Waals surface area contributed by atoms with Gasteiger partial charge in [0.25, 0.3) is 5.91 Å². The summed E-state index contributed by atoms with van der Waals surface area (Å²) in [6, 6.07) is 10.0. The highest BCUT2D eigenvalue weighted by molar-refractivity contribution is 6.07. The first-order chi connectivity index (χ1) is 17.1. The zero-order chi connectivity index (χ0) is 26.8. The second kappa shape index (κ2) is 13.3. The van der Waals surface area contributed by atoms with Crippen molar-refractivity contribution in [3.63, 3.8) is 0 Å². The molecule has 1 N–H and O–H groups in total. The number of carbonyl (C=O) groups excluding carboxylic acids is 2. The van der Waals surface area contributed by atoms with Crippen molar-refractivity contribution < 1.29 is 33.7 Å². The van der Waals surface area contributed by atoms with Crippen LogP contribution in [0.3, 0.4) is 0 Å². The van der Waals surface area contributed by atoms with E-state index in [1.165, 1.54) is 19.3 Å². The summed E-state index contributed by atoms with van der Waals surface area (Å²) in [5, 5.41) is 9.11. The van der Waals surface area contributed by atoms with Crippen molar-refractivity contribution in [2.45, 2.75) is 53.1 Å². The molecule has 0 atom stereocenters. The smallest absolute Gasteiger partial charge is 0.307 e. The fourth-order valence-corrected chi connectivity index (χ4v) is 3.90. The highest BCUT2D eigenvalue weighted by Gasteiger charge is 2.21. The van der Waals surface area contributed by atoms with Crippen LogP contribution in [0.25, 0.3) is 6.08 Å². The molecular formula is C28H35NO7. The molecule has 0 aromatic heterocycles. The Labute approximate surface area is 212 Å². The van der Waals surface area contributed by atoms with Gasteiger partial charge in [-0.05, 0) is 76.6 Å². The molecule has 2 aromatic carbocycles. The van der Waals surface area contributed by atoms with E-state index in [-0.39, 0.29) is 36.8 Å². The van der Waals surface area contributed by atoms with Gasteiger partial charge in [-0.2, -0.15) is 0 Å². The Balaban J connectivity index is 2.18. The molecule has 8 heteroatoms. The van der Waals surface area contributed by atoms with Gasteiger partial charge in [-0.3, -0.25) is 14.4 Å². The molecule has 0 bridgehead atoms. The Kier molecular flexibility index (Phi) is 10.5. The second-order valence-corrected chi connectivity index (χ2v) is 8.71. The summed E-state index contributed by atoms with van der Waals surface area (Å²) in [5.74, 6) is -0.0851. The number of carboxylic acids is 1. The molecule has 2 rings (SSSR count). The number of rotatable bonds is 13. The van der Waals surface area contributed by atoms with Crippen molar-refractivity contribution in [3.05, 3.63) is 59.2 Å². The number of methoxy groups -OCH3 is 1. The third kappa shape index (κ3) is 7.86. The van der Waals surface area contributed by atoms with Gasteiger partial charge in [-0.15, -0.1) is 0 Å². The van der Waals surface area contributed by atoms with Crippen LogP contribution in [0.1, 0.15) is 56.1 Å². The van der Waals surface area contributed by atoms with Crippen LogP contribution >= 0.6 is 0 Å².